The molecule has 1 atom stereocenters. The Kier molecular flexibility index (Phi) is 4.06. The van der Waals surface area contributed by atoms with Crippen molar-refractivity contribution in [1.82, 2.24) is 5.32 Å². The highest BCUT2D eigenvalue weighted by Gasteiger charge is 2.50. The van der Waals surface area contributed by atoms with Crippen LogP contribution in [0.4, 0.5) is 5.69 Å². The number of rotatable bonds is 6. The number of anilines is 1. The molecule has 100 valence electrons. The van der Waals surface area contributed by atoms with E-state index in [1.165, 1.54) is 0 Å². The van der Waals surface area contributed by atoms with Crippen LogP contribution < -0.4 is 10.6 Å². The first-order valence-electron chi connectivity index (χ1n) is 6.71. The van der Waals surface area contributed by atoms with E-state index in [0.717, 1.165) is 24.9 Å². The molecular weight excluding hydrogens is 238 g/mol. The summed E-state index contributed by atoms with van der Waals surface area (Å²) in [5.41, 5.74) is 0.494. The summed E-state index contributed by atoms with van der Waals surface area (Å²) >= 11 is 0. The molecule has 2 N–H and O–H groups in total. The van der Waals surface area contributed by atoms with E-state index in [-0.39, 0.29) is 11.9 Å². The third-order valence-corrected chi connectivity index (χ3v) is 3.51. The normalized spacial score (nSPS) is 17.1. The molecular formula is C15H19N3O. The minimum Gasteiger partial charge on any atom is -0.371 e. The Morgan fingerprint density at radius 3 is 2.63 bits per heavy atom. The molecule has 0 unspecified atom stereocenters. The van der Waals surface area contributed by atoms with Gasteiger partial charge in [0, 0.05) is 11.7 Å². The van der Waals surface area contributed by atoms with Gasteiger partial charge in [-0.25, -0.2) is 0 Å². The van der Waals surface area contributed by atoms with E-state index in [2.05, 4.69) is 16.7 Å². The van der Waals surface area contributed by atoms with Crippen molar-refractivity contribution in [2.45, 2.75) is 44.2 Å². The molecule has 0 heterocycles. The fourth-order valence-corrected chi connectivity index (χ4v) is 2.06. The average molecular weight is 257 g/mol. The number of benzene rings is 1. The van der Waals surface area contributed by atoms with Crippen molar-refractivity contribution < 1.29 is 4.79 Å². The number of hydrogen-bond donors (Lipinski definition) is 2. The molecule has 4 heteroatoms. The Balaban J connectivity index is 1.97. The zero-order chi connectivity index (χ0) is 13.7. The van der Waals surface area contributed by atoms with Crippen LogP contribution in [0.5, 0.6) is 0 Å². The number of amides is 1. The second-order valence-electron chi connectivity index (χ2n) is 5.01. The molecule has 1 saturated carbocycles. The van der Waals surface area contributed by atoms with Gasteiger partial charge in [0.2, 0.25) is 5.91 Å². The Labute approximate surface area is 113 Å². The van der Waals surface area contributed by atoms with Crippen LogP contribution in [-0.2, 0) is 4.79 Å². The minimum atomic E-state index is -0.468. The van der Waals surface area contributed by atoms with Gasteiger partial charge in [0.15, 0.2) is 0 Å². The predicted octanol–water partition coefficient (Wildman–Crippen LogP) is 2.44. The van der Waals surface area contributed by atoms with E-state index < -0.39 is 5.54 Å². The molecule has 1 aromatic carbocycles. The highest BCUT2D eigenvalue weighted by molar-refractivity contribution is 5.92. The standard InChI is InChI=1S/C15H19N3O/c1-2-12(8-11-16)17-14(19)15(9-10-15)18-13-6-4-3-5-7-13/h3-7,12,18H,2,8-10H2,1H3,(H,17,19)/t12-/m1/s1. The minimum absolute atomic E-state index is 0.0125. The lowest BCUT2D eigenvalue weighted by atomic mass is 10.1. The van der Waals surface area contributed by atoms with E-state index >= 15 is 0 Å². The maximum absolute atomic E-state index is 12.3. The van der Waals surface area contributed by atoms with Crippen molar-refractivity contribution >= 4 is 11.6 Å². The molecule has 0 aliphatic heterocycles. The molecule has 0 saturated heterocycles. The monoisotopic (exact) mass is 257 g/mol. The van der Waals surface area contributed by atoms with Crippen LogP contribution in [0.2, 0.25) is 0 Å². The van der Waals surface area contributed by atoms with Crippen molar-refractivity contribution in [2.24, 2.45) is 0 Å². The first-order valence-corrected chi connectivity index (χ1v) is 6.71. The lowest BCUT2D eigenvalue weighted by molar-refractivity contribution is -0.123. The van der Waals surface area contributed by atoms with Crippen LogP contribution in [0, 0.1) is 11.3 Å². The van der Waals surface area contributed by atoms with Crippen molar-refractivity contribution in [2.75, 3.05) is 5.32 Å². The van der Waals surface area contributed by atoms with Gasteiger partial charge >= 0.3 is 0 Å². The van der Waals surface area contributed by atoms with Crippen LogP contribution in [0.15, 0.2) is 30.3 Å². The molecule has 2 rings (SSSR count). The Bertz CT molecular complexity index is 474. The predicted molar refractivity (Wildman–Crippen MR) is 74.5 cm³/mol. The number of nitrogens with zero attached hydrogens (tertiary/aromatic N) is 1. The number of carbonyl (C=O) groups is 1. The van der Waals surface area contributed by atoms with E-state index in [4.69, 9.17) is 5.26 Å². The fourth-order valence-electron chi connectivity index (χ4n) is 2.06. The lowest BCUT2D eigenvalue weighted by Crippen LogP contribution is -2.46. The van der Waals surface area contributed by atoms with E-state index in [9.17, 15) is 4.79 Å². The molecule has 1 aliphatic rings. The van der Waals surface area contributed by atoms with E-state index in [1.54, 1.807) is 0 Å². The zero-order valence-corrected chi connectivity index (χ0v) is 11.1. The van der Waals surface area contributed by atoms with Crippen LogP contribution >= 0.6 is 0 Å². The molecule has 1 aromatic rings. The third-order valence-electron chi connectivity index (χ3n) is 3.51. The van der Waals surface area contributed by atoms with Gasteiger partial charge in [0.1, 0.15) is 5.54 Å². The molecule has 1 aliphatic carbocycles. The summed E-state index contributed by atoms with van der Waals surface area (Å²) in [6.45, 7) is 1.98. The van der Waals surface area contributed by atoms with Crippen molar-refractivity contribution in [3.63, 3.8) is 0 Å². The van der Waals surface area contributed by atoms with Gasteiger partial charge in [-0.15, -0.1) is 0 Å². The van der Waals surface area contributed by atoms with Gasteiger partial charge in [-0.3, -0.25) is 4.79 Å². The summed E-state index contributed by atoms with van der Waals surface area (Å²) in [6, 6.07) is 11.8. The number of nitrogens with one attached hydrogen (secondary N) is 2. The summed E-state index contributed by atoms with van der Waals surface area (Å²) in [4.78, 5) is 12.3. The highest BCUT2D eigenvalue weighted by Crippen LogP contribution is 2.39. The largest absolute Gasteiger partial charge is 0.371 e. The second kappa shape index (κ2) is 5.75. The molecule has 1 fully saturated rings. The van der Waals surface area contributed by atoms with Gasteiger partial charge in [-0.05, 0) is 31.4 Å². The van der Waals surface area contributed by atoms with Gasteiger partial charge in [-0.2, -0.15) is 5.26 Å². The summed E-state index contributed by atoms with van der Waals surface area (Å²) in [5, 5.41) is 15.0. The molecule has 1 amide bonds. The van der Waals surface area contributed by atoms with Gasteiger partial charge < -0.3 is 10.6 Å². The summed E-state index contributed by atoms with van der Waals surface area (Å²) in [6.07, 6.45) is 2.83. The average Bonchev–Trinajstić information content (AvgIpc) is 3.20. The van der Waals surface area contributed by atoms with Crippen LogP contribution in [0.25, 0.3) is 0 Å². The smallest absolute Gasteiger partial charge is 0.245 e. The molecule has 0 spiro atoms. The van der Waals surface area contributed by atoms with Crippen molar-refractivity contribution in [3.05, 3.63) is 30.3 Å². The van der Waals surface area contributed by atoms with Gasteiger partial charge in [0.05, 0.1) is 12.5 Å². The number of hydrogen-bond acceptors (Lipinski definition) is 3. The quantitative estimate of drug-likeness (QED) is 0.822. The SMILES string of the molecule is CC[C@H](CC#N)NC(=O)C1(Nc2ccccc2)CC1. The summed E-state index contributed by atoms with van der Waals surface area (Å²) in [5.74, 6) is 0.0125. The van der Waals surface area contributed by atoms with E-state index in [0.29, 0.717) is 6.42 Å². The number of carbonyl (C=O) groups excluding carboxylic acids is 1. The molecule has 4 nitrogen and oxygen atoms in total. The summed E-state index contributed by atoms with van der Waals surface area (Å²) in [7, 11) is 0. The van der Waals surface area contributed by atoms with Crippen molar-refractivity contribution in [1.29, 1.82) is 5.26 Å². The molecule has 19 heavy (non-hydrogen) atoms. The van der Waals surface area contributed by atoms with Gasteiger partial charge in [-0.1, -0.05) is 25.1 Å². The van der Waals surface area contributed by atoms with Crippen LogP contribution in [0.3, 0.4) is 0 Å². The maximum atomic E-state index is 12.3. The topological polar surface area (TPSA) is 64.9 Å². The van der Waals surface area contributed by atoms with Crippen molar-refractivity contribution in [3.8, 4) is 6.07 Å². The van der Waals surface area contributed by atoms with E-state index in [1.807, 2.05) is 37.3 Å². The third kappa shape index (κ3) is 3.25. The maximum Gasteiger partial charge on any atom is 0.245 e. The fraction of sp³-hybridized carbons (Fsp3) is 0.467. The first-order chi connectivity index (χ1) is 9.20. The lowest BCUT2D eigenvalue weighted by Gasteiger charge is -2.21. The van der Waals surface area contributed by atoms with Crippen LogP contribution in [0.1, 0.15) is 32.6 Å². The van der Waals surface area contributed by atoms with Gasteiger partial charge in [0.25, 0.3) is 0 Å². The highest BCUT2D eigenvalue weighted by atomic mass is 16.2. The molecule has 0 radical (unpaired) electrons. The molecule has 0 bridgehead atoms. The Hall–Kier alpha value is -2.02. The van der Waals surface area contributed by atoms with Crippen LogP contribution in [-0.4, -0.2) is 17.5 Å². The first kappa shape index (κ1) is 13.4. The Morgan fingerprint density at radius 1 is 1.42 bits per heavy atom. The number of para-hydroxylation sites is 1. The molecule has 0 aromatic heterocycles. The second-order valence-corrected chi connectivity index (χ2v) is 5.01. The Morgan fingerprint density at radius 2 is 2.11 bits per heavy atom. The summed E-state index contributed by atoms with van der Waals surface area (Å²) < 4.78 is 0. The zero-order valence-electron chi connectivity index (χ0n) is 11.1. The number of nitriles is 1.